The topological polar surface area (TPSA) is 49.9 Å². The summed E-state index contributed by atoms with van der Waals surface area (Å²) in [6.07, 6.45) is 8.29. The number of carbonyl (C=O) groups excluding carboxylic acids is 2. The first kappa shape index (κ1) is 14.2. The average molecular weight is 304 g/mol. The molecule has 0 aromatic heterocycles. The van der Waals surface area contributed by atoms with Crippen molar-refractivity contribution in [1.29, 1.82) is 0 Å². The molecule has 2 heterocycles. The fourth-order valence-corrected chi connectivity index (χ4v) is 4.21. The van der Waals surface area contributed by atoms with Crippen LogP contribution in [0.25, 0.3) is 0 Å². The number of rotatable bonds is 2. The van der Waals surface area contributed by atoms with Crippen LogP contribution in [0.4, 0.5) is 0 Å². The number of morpholine rings is 1. The van der Waals surface area contributed by atoms with E-state index in [1.807, 2.05) is 4.90 Å². The fraction of sp³-hybridized carbons (Fsp3) is 0.765. The van der Waals surface area contributed by atoms with E-state index in [-0.39, 0.29) is 29.6 Å². The summed E-state index contributed by atoms with van der Waals surface area (Å²) in [7, 11) is 0. The van der Waals surface area contributed by atoms with Gasteiger partial charge in [0.2, 0.25) is 11.8 Å². The van der Waals surface area contributed by atoms with Crippen LogP contribution in [0.15, 0.2) is 12.2 Å². The third-order valence-electron chi connectivity index (χ3n) is 5.57. The zero-order chi connectivity index (χ0) is 15.1. The molecule has 0 bridgehead atoms. The molecule has 5 nitrogen and oxygen atoms in total. The molecule has 0 N–H and O–H groups in total. The van der Waals surface area contributed by atoms with E-state index in [0.717, 1.165) is 25.8 Å². The molecule has 3 fully saturated rings. The number of nitrogens with zero attached hydrogens (tertiary/aromatic N) is 2. The molecule has 22 heavy (non-hydrogen) atoms. The van der Waals surface area contributed by atoms with Crippen molar-refractivity contribution >= 4 is 11.8 Å². The molecule has 120 valence electrons. The number of hydrogen-bond acceptors (Lipinski definition) is 3. The first-order valence-electron chi connectivity index (χ1n) is 8.59. The number of piperidine rings is 1. The van der Waals surface area contributed by atoms with Gasteiger partial charge in [-0.05, 0) is 31.6 Å². The van der Waals surface area contributed by atoms with Crippen LogP contribution in [0, 0.1) is 17.8 Å². The van der Waals surface area contributed by atoms with Gasteiger partial charge >= 0.3 is 0 Å². The standard InChI is InChI=1S/C17H24N2O3/c20-16(18-8-10-22-11-9-18)14-3-1-2-12-6-7-19(13-4-5-13)17(21)15(12)14/h1-2,12-15H,3-11H2/t12-,14-,15+/m1/s1. The van der Waals surface area contributed by atoms with Crippen molar-refractivity contribution in [1.82, 2.24) is 9.80 Å². The maximum Gasteiger partial charge on any atom is 0.227 e. The predicted molar refractivity (Wildman–Crippen MR) is 81.0 cm³/mol. The molecule has 2 aliphatic heterocycles. The van der Waals surface area contributed by atoms with Crippen LogP contribution in [-0.4, -0.2) is 60.5 Å². The smallest absolute Gasteiger partial charge is 0.227 e. The minimum Gasteiger partial charge on any atom is -0.378 e. The largest absolute Gasteiger partial charge is 0.378 e. The summed E-state index contributed by atoms with van der Waals surface area (Å²) in [6.45, 7) is 3.43. The van der Waals surface area contributed by atoms with E-state index in [1.54, 1.807) is 0 Å². The first-order valence-corrected chi connectivity index (χ1v) is 8.59. The van der Waals surface area contributed by atoms with Crippen LogP contribution < -0.4 is 0 Å². The Labute approximate surface area is 131 Å². The molecule has 5 heteroatoms. The normalized spacial score (nSPS) is 35.5. The summed E-state index contributed by atoms with van der Waals surface area (Å²) in [5, 5.41) is 0. The monoisotopic (exact) mass is 304 g/mol. The van der Waals surface area contributed by atoms with Gasteiger partial charge in [-0.1, -0.05) is 12.2 Å². The molecular weight excluding hydrogens is 280 g/mol. The van der Waals surface area contributed by atoms with Crippen molar-refractivity contribution < 1.29 is 14.3 Å². The van der Waals surface area contributed by atoms with E-state index in [2.05, 4.69) is 17.1 Å². The second-order valence-corrected chi connectivity index (χ2v) is 6.95. The van der Waals surface area contributed by atoms with Crippen LogP contribution >= 0.6 is 0 Å². The molecule has 3 atom stereocenters. The molecule has 0 radical (unpaired) electrons. The Hall–Kier alpha value is -1.36. The summed E-state index contributed by atoms with van der Waals surface area (Å²) in [5.41, 5.74) is 0. The number of hydrogen-bond donors (Lipinski definition) is 0. The number of amides is 2. The van der Waals surface area contributed by atoms with Gasteiger partial charge in [0.15, 0.2) is 0 Å². The summed E-state index contributed by atoms with van der Waals surface area (Å²) < 4.78 is 5.34. The van der Waals surface area contributed by atoms with Crippen molar-refractivity contribution in [3.8, 4) is 0 Å². The summed E-state index contributed by atoms with van der Waals surface area (Å²) in [4.78, 5) is 29.8. The van der Waals surface area contributed by atoms with Crippen LogP contribution in [0.5, 0.6) is 0 Å². The summed E-state index contributed by atoms with van der Waals surface area (Å²) >= 11 is 0. The SMILES string of the molecule is O=C([C@@H]1CC=C[C@@H]2CCN(C3CC3)C(=O)[C@@H]21)N1CCOCC1. The van der Waals surface area contributed by atoms with E-state index in [1.165, 1.54) is 0 Å². The molecule has 0 aromatic carbocycles. The summed E-state index contributed by atoms with van der Waals surface area (Å²) in [5.74, 6) is 0.353. The van der Waals surface area contributed by atoms with E-state index in [9.17, 15) is 9.59 Å². The van der Waals surface area contributed by atoms with E-state index in [4.69, 9.17) is 4.74 Å². The van der Waals surface area contributed by atoms with E-state index < -0.39 is 0 Å². The molecule has 2 aliphatic carbocycles. The second kappa shape index (κ2) is 5.69. The van der Waals surface area contributed by atoms with Crippen molar-refractivity contribution in [2.75, 3.05) is 32.8 Å². The number of carbonyl (C=O) groups is 2. The highest BCUT2D eigenvalue weighted by Gasteiger charge is 2.48. The summed E-state index contributed by atoms with van der Waals surface area (Å²) in [6, 6.07) is 0.457. The van der Waals surface area contributed by atoms with Gasteiger partial charge in [-0.3, -0.25) is 9.59 Å². The van der Waals surface area contributed by atoms with Gasteiger partial charge in [0.25, 0.3) is 0 Å². The Morgan fingerprint density at radius 1 is 1.14 bits per heavy atom. The quantitative estimate of drug-likeness (QED) is 0.717. The Morgan fingerprint density at radius 2 is 1.91 bits per heavy atom. The average Bonchev–Trinajstić information content (AvgIpc) is 3.40. The van der Waals surface area contributed by atoms with Gasteiger partial charge in [0.05, 0.1) is 25.0 Å². The molecule has 4 rings (SSSR count). The van der Waals surface area contributed by atoms with Crippen LogP contribution in [0.3, 0.4) is 0 Å². The predicted octanol–water partition coefficient (Wildman–Crippen LogP) is 1.05. The van der Waals surface area contributed by atoms with Gasteiger partial charge in [0.1, 0.15) is 0 Å². The number of likely N-dealkylation sites (tertiary alicyclic amines) is 1. The zero-order valence-electron chi connectivity index (χ0n) is 12.9. The van der Waals surface area contributed by atoms with Crippen LogP contribution in [-0.2, 0) is 14.3 Å². The van der Waals surface area contributed by atoms with Gasteiger partial charge in [-0.15, -0.1) is 0 Å². The molecular formula is C17H24N2O3. The zero-order valence-corrected chi connectivity index (χ0v) is 12.9. The van der Waals surface area contributed by atoms with Gasteiger partial charge < -0.3 is 14.5 Å². The minimum absolute atomic E-state index is 0.130. The molecule has 1 saturated carbocycles. The van der Waals surface area contributed by atoms with Crippen LogP contribution in [0.1, 0.15) is 25.7 Å². The third-order valence-corrected chi connectivity index (χ3v) is 5.57. The minimum atomic E-state index is -0.165. The highest BCUT2D eigenvalue weighted by molar-refractivity contribution is 5.89. The lowest BCUT2D eigenvalue weighted by Crippen LogP contribution is -2.54. The van der Waals surface area contributed by atoms with Gasteiger partial charge in [0, 0.05) is 25.7 Å². The number of fused-ring (bicyclic) bond motifs is 1. The third kappa shape index (κ3) is 2.45. The highest BCUT2D eigenvalue weighted by Crippen LogP contribution is 2.41. The van der Waals surface area contributed by atoms with Crippen molar-refractivity contribution in [2.45, 2.75) is 31.7 Å². The second-order valence-electron chi connectivity index (χ2n) is 6.95. The number of ether oxygens (including phenoxy) is 1. The van der Waals surface area contributed by atoms with E-state index in [0.29, 0.717) is 38.8 Å². The Kier molecular flexibility index (Phi) is 3.68. The Morgan fingerprint density at radius 3 is 2.64 bits per heavy atom. The van der Waals surface area contributed by atoms with Gasteiger partial charge in [-0.25, -0.2) is 0 Å². The molecule has 0 unspecified atom stereocenters. The van der Waals surface area contributed by atoms with Crippen molar-refractivity contribution in [3.63, 3.8) is 0 Å². The molecule has 0 aromatic rings. The molecule has 0 spiro atoms. The lowest BCUT2D eigenvalue weighted by atomic mass is 9.71. The maximum absolute atomic E-state index is 12.9. The fourth-order valence-electron chi connectivity index (χ4n) is 4.21. The highest BCUT2D eigenvalue weighted by atomic mass is 16.5. The maximum atomic E-state index is 12.9. The van der Waals surface area contributed by atoms with Gasteiger partial charge in [-0.2, -0.15) is 0 Å². The van der Waals surface area contributed by atoms with Crippen molar-refractivity contribution in [3.05, 3.63) is 12.2 Å². The molecule has 2 amide bonds. The Bertz CT molecular complexity index is 494. The molecule has 2 saturated heterocycles. The van der Waals surface area contributed by atoms with Crippen molar-refractivity contribution in [2.24, 2.45) is 17.8 Å². The lowest BCUT2D eigenvalue weighted by Gasteiger charge is -2.43. The van der Waals surface area contributed by atoms with Crippen LogP contribution in [0.2, 0.25) is 0 Å². The number of allylic oxidation sites excluding steroid dienone is 2. The first-order chi connectivity index (χ1) is 10.8. The Balaban J connectivity index is 1.54. The molecule has 4 aliphatic rings. The van der Waals surface area contributed by atoms with E-state index >= 15 is 0 Å². The lowest BCUT2D eigenvalue weighted by molar-refractivity contribution is -0.153.